The van der Waals surface area contributed by atoms with E-state index in [0.717, 1.165) is 12.2 Å². The van der Waals surface area contributed by atoms with E-state index in [0.29, 0.717) is 12.1 Å². The predicted molar refractivity (Wildman–Crippen MR) is 65.1 cm³/mol. The molecule has 0 amide bonds. The molecule has 2 nitrogen and oxygen atoms in total. The SMILES string of the molecule is C=CCN(CC)c1cccc(F)c1[C@@H](C)O. The molecule has 0 saturated heterocycles. The number of rotatable bonds is 5. The summed E-state index contributed by atoms with van der Waals surface area (Å²) in [5, 5.41) is 9.61. The van der Waals surface area contributed by atoms with Gasteiger partial charge in [0.15, 0.2) is 0 Å². The van der Waals surface area contributed by atoms with Crippen molar-refractivity contribution in [2.75, 3.05) is 18.0 Å². The zero-order valence-corrected chi connectivity index (χ0v) is 9.78. The Morgan fingerprint density at radius 2 is 2.25 bits per heavy atom. The van der Waals surface area contributed by atoms with Gasteiger partial charge in [-0.15, -0.1) is 6.58 Å². The second kappa shape index (κ2) is 5.66. The molecule has 0 heterocycles. The third-order valence-corrected chi connectivity index (χ3v) is 2.52. The van der Waals surface area contributed by atoms with E-state index in [1.807, 2.05) is 17.9 Å². The molecule has 0 unspecified atom stereocenters. The molecule has 1 rings (SSSR count). The van der Waals surface area contributed by atoms with Gasteiger partial charge in [-0.3, -0.25) is 0 Å². The fourth-order valence-corrected chi connectivity index (χ4v) is 1.77. The van der Waals surface area contributed by atoms with Crippen LogP contribution in [0.3, 0.4) is 0 Å². The molecule has 16 heavy (non-hydrogen) atoms. The summed E-state index contributed by atoms with van der Waals surface area (Å²) in [6, 6.07) is 4.84. The van der Waals surface area contributed by atoms with Crippen LogP contribution in [0.4, 0.5) is 10.1 Å². The summed E-state index contributed by atoms with van der Waals surface area (Å²) in [7, 11) is 0. The third-order valence-electron chi connectivity index (χ3n) is 2.52. The number of hydrogen-bond donors (Lipinski definition) is 1. The summed E-state index contributed by atoms with van der Waals surface area (Å²) in [5.74, 6) is -0.366. The smallest absolute Gasteiger partial charge is 0.131 e. The fourth-order valence-electron chi connectivity index (χ4n) is 1.77. The molecule has 0 bridgehead atoms. The number of aliphatic hydroxyl groups excluding tert-OH is 1. The van der Waals surface area contributed by atoms with Crippen LogP contribution >= 0.6 is 0 Å². The van der Waals surface area contributed by atoms with E-state index in [4.69, 9.17) is 0 Å². The minimum atomic E-state index is -0.810. The number of aliphatic hydroxyl groups is 1. The summed E-state index contributed by atoms with van der Waals surface area (Å²) < 4.78 is 13.6. The number of halogens is 1. The molecular weight excluding hydrogens is 205 g/mol. The molecule has 0 spiro atoms. The Labute approximate surface area is 96.0 Å². The van der Waals surface area contributed by atoms with E-state index >= 15 is 0 Å². The van der Waals surface area contributed by atoms with E-state index in [-0.39, 0.29) is 5.82 Å². The molecule has 0 aromatic heterocycles. The van der Waals surface area contributed by atoms with Crippen LogP contribution in [0.2, 0.25) is 0 Å². The first kappa shape index (κ1) is 12.7. The maximum absolute atomic E-state index is 13.6. The lowest BCUT2D eigenvalue weighted by molar-refractivity contribution is 0.194. The molecule has 1 atom stereocenters. The van der Waals surface area contributed by atoms with Crippen LogP contribution in [0.15, 0.2) is 30.9 Å². The number of hydrogen-bond acceptors (Lipinski definition) is 2. The Hall–Kier alpha value is -1.35. The van der Waals surface area contributed by atoms with E-state index in [9.17, 15) is 9.50 Å². The summed E-state index contributed by atoms with van der Waals surface area (Å²) >= 11 is 0. The Morgan fingerprint density at radius 1 is 1.56 bits per heavy atom. The first-order valence-corrected chi connectivity index (χ1v) is 5.44. The van der Waals surface area contributed by atoms with Crippen molar-refractivity contribution in [1.29, 1.82) is 0 Å². The van der Waals surface area contributed by atoms with Crippen LogP contribution < -0.4 is 4.90 Å². The second-order valence-electron chi connectivity index (χ2n) is 3.68. The topological polar surface area (TPSA) is 23.5 Å². The van der Waals surface area contributed by atoms with Crippen molar-refractivity contribution >= 4 is 5.69 Å². The van der Waals surface area contributed by atoms with Gasteiger partial charge in [-0.05, 0) is 26.0 Å². The Kier molecular flexibility index (Phi) is 4.50. The van der Waals surface area contributed by atoms with Gasteiger partial charge in [0.2, 0.25) is 0 Å². The van der Waals surface area contributed by atoms with E-state index in [1.54, 1.807) is 19.1 Å². The summed E-state index contributed by atoms with van der Waals surface area (Å²) in [4.78, 5) is 1.97. The monoisotopic (exact) mass is 223 g/mol. The molecule has 0 aliphatic rings. The van der Waals surface area contributed by atoms with Gasteiger partial charge in [0.05, 0.1) is 6.10 Å². The molecule has 1 N–H and O–H groups in total. The highest BCUT2D eigenvalue weighted by atomic mass is 19.1. The average molecular weight is 223 g/mol. The second-order valence-corrected chi connectivity index (χ2v) is 3.68. The minimum Gasteiger partial charge on any atom is -0.389 e. The normalized spacial score (nSPS) is 12.2. The van der Waals surface area contributed by atoms with E-state index in [1.165, 1.54) is 6.07 Å². The van der Waals surface area contributed by atoms with Crippen molar-refractivity contribution in [3.8, 4) is 0 Å². The standard InChI is InChI=1S/C13H18FNO/c1-4-9-15(5-2)12-8-6-7-11(14)13(12)10(3)16/h4,6-8,10,16H,1,5,9H2,2-3H3/t10-/m1/s1. The molecule has 0 saturated carbocycles. The van der Waals surface area contributed by atoms with E-state index in [2.05, 4.69) is 6.58 Å². The van der Waals surface area contributed by atoms with Gasteiger partial charge in [-0.2, -0.15) is 0 Å². The van der Waals surface area contributed by atoms with Crippen LogP contribution in [0.5, 0.6) is 0 Å². The maximum atomic E-state index is 13.6. The first-order valence-electron chi connectivity index (χ1n) is 5.44. The molecule has 88 valence electrons. The van der Waals surface area contributed by atoms with Crippen molar-refractivity contribution in [3.63, 3.8) is 0 Å². The van der Waals surface area contributed by atoms with Gasteiger partial charge in [0.1, 0.15) is 5.82 Å². The van der Waals surface area contributed by atoms with Crippen molar-refractivity contribution in [3.05, 3.63) is 42.2 Å². The summed E-state index contributed by atoms with van der Waals surface area (Å²) in [6.45, 7) is 8.62. The summed E-state index contributed by atoms with van der Waals surface area (Å²) in [5.41, 5.74) is 1.09. The lowest BCUT2D eigenvalue weighted by Gasteiger charge is -2.25. The Bertz CT molecular complexity index is 363. The Balaban J connectivity index is 3.19. The molecule has 0 aliphatic heterocycles. The van der Waals surface area contributed by atoms with Crippen LogP contribution in [0.1, 0.15) is 25.5 Å². The van der Waals surface area contributed by atoms with Crippen molar-refractivity contribution in [1.82, 2.24) is 0 Å². The quantitative estimate of drug-likeness (QED) is 0.776. The number of likely N-dealkylation sites (N-methyl/N-ethyl adjacent to an activating group) is 1. The Morgan fingerprint density at radius 3 is 2.75 bits per heavy atom. The molecule has 1 aromatic rings. The van der Waals surface area contributed by atoms with Gasteiger partial charge in [0, 0.05) is 24.3 Å². The molecule has 3 heteroatoms. The van der Waals surface area contributed by atoms with Gasteiger partial charge < -0.3 is 10.0 Å². The number of anilines is 1. The average Bonchev–Trinajstić information content (AvgIpc) is 2.25. The lowest BCUT2D eigenvalue weighted by Crippen LogP contribution is -2.24. The fraction of sp³-hybridized carbons (Fsp3) is 0.385. The predicted octanol–water partition coefficient (Wildman–Crippen LogP) is 2.89. The highest BCUT2D eigenvalue weighted by Crippen LogP contribution is 2.28. The van der Waals surface area contributed by atoms with Gasteiger partial charge in [-0.25, -0.2) is 4.39 Å². The van der Waals surface area contributed by atoms with Crippen molar-refractivity contribution in [2.24, 2.45) is 0 Å². The van der Waals surface area contributed by atoms with Crippen LogP contribution in [-0.4, -0.2) is 18.2 Å². The first-order chi connectivity index (χ1) is 7.61. The van der Waals surface area contributed by atoms with Crippen LogP contribution in [0.25, 0.3) is 0 Å². The van der Waals surface area contributed by atoms with E-state index < -0.39 is 6.10 Å². The zero-order chi connectivity index (χ0) is 12.1. The number of nitrogens with zero attached hydrogens (tertiary/aromatic N) is 1. The van der Waals surface area contributed by atoms with Gasteiger partial charge in [-0.1, -0.05) is 12.1 Å². The zero-order valence-electron chi connectivity index (χ0n) is 9.78. The largest absolute Gasteiger partial charge is 0.389 e. The van der Waals surface area contributed by atoms with Crippen LogP contribution in [-0.2, 0) is 0 Å². The molecule has 0 fully saturated rings. The van der Waals surface area contributed by atoms with Gasteiger partial charge in [0.25, 0.3) is 0 Å². The highest BCUT2D eigenvalue weighted by molar-refractivity contribution is 5.55. The number of benzene rings is 1. The summed E-state index contributed by atoms with van der Waals surface area (Å²) in [6.07, 6.45) is 0.954. The highest BCUT2D eigenvalue weighted by Gasteiger charge is 2.16. The molecule has 1 aromatic carbocycles. The van der Waals surface area contributed by atoms with Crippen molar-refractivity contribution in [2.45, 2.75) is 20.0 Å². The lowest BCUT2D eigenvalue weighted by atomic mass is 10.1. The van der Waals surface area contributed by atoms with Gasteiger partial charge >= 0.3 is 0 Å². The molecule has 0 radical (unpaired) electrons. The molecular formula is C13H18FNO. The third kappa shape index (κ3) is 2.61. The molecule has 0 aliphatic carbocycles. The maximum Gasteiger partial charge on any atom is 0.131 e. The van der Waals surface area contributed by atoms with Crippen LogP contribution in [0, 0.1) is 5.82 Å². The van der Waals surface area contributed by atoms with Crippen molar-refractivity contribution < 1.29 is 9.50 Å². The minimum absolute atomic E-state index is 0.353.